The van der Waals surface area contributed by atoms with Crippen LogP contribution in [-0.4, -0.2) is 22.9 Å². The minimum absolute atomic E-state index is 0.0799. The van der Waals surface area contributed by atoms with Gasteiger partial charge in [0.15, 0.2) is 0 Å². The highest BCUT2D eigenvalue weighted by Gasteiger charge is 2.38. The first-order valence-corrected chi connectivity index (χ1v) is 6.32. The average molecular weight is 281 g/mol. The Kier molecular flexibility index (Phi) is 2.83. The lowest BCUT2D eigenvalue weighted by atomic mass is 10.1. The van der Waals surface area contributed by atoms with Crippen molar-refractivity contribution < 1.29 is 19.5 Å². The number of rotatable bonds is 2. The number of carbonyl (C=O) groups is 3. The molecule has 0 spiro atoms. The predicted octanol–water partition coefficient (Wildman–Crippen LogP) is 2.49. The first-order valence-electron chi connectivity index (χ1n) is 6.32. The molecule has 0 unspecified atom stereocenters. The number of hydrogen-bond acceptors (Lipinski definition) is 3. The van der Waals surface area contributed by atoms with E-state index in [-0.39, 0.29) is 11.3 Å². The lowest BCUT2D eigenvalue weighted by Gasteiger charge is -2.16. The largest absolute Gasteiger partial charge is 0.478 e. The van der Waals surface area contributed by atoms with Crippen molar-refractivity contribution in [2.75, 3.05) is 4.90 Å². The maximum Gasteiger partial charge on any atom is 0.337 e. The van der Waals surface area contributed by atoms with Gasteiger partial charge in [-0.25, -0.2) is 9.69 Å². The van der Waals surface area contributed by atoms with E-state index in [4.69, 9.17) is 0 Å². The minimum Gasteiger partial charge on any atom is -0.478 e. The quantitative estimate of drug-likeness (QED) is 0.858. The van der Waals surface area contributed by atoms with E-state index >= 15 is 0 Å². The number of aromatic carboxylic acids is 1. The molecule has 2 amide bonds. The standard InChI is InChI=1S/C16H11NO4/c1-9-6-7-10-12(8-9)15(19)17(14(10)18)13-5-3-2-4-11(13)16(20)21/h2-8H,1H3,(H,20,21). The number of nitrogens with zero attached hydrogens (tertiary/aromatic N) is 1. The number of carbonyl (C=O) groups excluding carboxylic acids is 2. The number of benzene rings is 2. The fraction of sp³-hybridized carbons (Fsp3) is 0.0625. The van der Waals surface area contributed by atoms with Crippen LogP contribution < -0.4 is 4.90 Å². The molecule has 0 atom stereocenters. The van der Waals surface area contributed by atoms with Crippen LogP contribution in [0.3, 0.4) is 0 Å². The lowest BCUT2D eigenvalue weighted by Crippen LogP contribution is -2.30. The van der Waals surface area contributed by atoms with E-state index in [0.29, 0.717) is 11.1 Å². The fourth-order valence-corrected chi connectivity index (χ4v) is 2.42. The summed E-state index contributed by atoms with van der Waals surface area (Å²) < 4.78 is 0. The van der Waals surface area contributed by atoms with E-state index in [1.807, 2.05) is 6.92 Å². The zero-order valence-electron chi connectivity index (χ0n) is 11.2. The van der Waals surface area contributed by atoms with Crippen molar-refractivity contribution in [2.24, 2.45) is 0 Å². The van der Waals surface area contributed by atoms with Crippen LogP contribution in [0.25, 0.3) is 0 Å². The molecule has 5 nitrogen and oxygen atoms in total. The van der Waals surface area contributed by atoms with E-state index in [2.05, 4.69) is 0 Å². The number of para-hydroxylation sites is 1. The lowest BCUT2D eigenvalue weighted by molar-refractivity contribution is 0.0698. The number of carboxylic acid groups (broad SMARTS) is 1. The second kappa shape index (κ2) is 4.56. The summed E-state index contributed by atoms with van der Waals surface area (Å²) in [5.74, 6) is -2.17. The summed E-state index contributed by atoms with van der Waals surface area (Å²) in [5, 5.41) is 9.21. The van der Waals surface area contributed by atoms with Crippen LogP contribution in [-0.2, 0) is 0 Å². The molecule has 5 heteroatoms. The van der Waals surface area contributed by atoms with Gasteiger partial charge in [0.05, 0.1) is 22.4 Å². The zero-order chi connectivity index (χ0) is 15.1. The molecule has 1 aliphatic heterocycles. The van der Waals surface area contributed by atoms with Gasteiger partial charge in [-0.2, -0.15) is 0 Å². The van der Waals surface area contributed by atoms with Gasteiger partial charge >= 0.3 is 5.97 Å². The van der Waals surface area contributed by atoms with Crippen LogP contribution in [0.15, 0.2) is 42.5 Å². The molecule has 0 bridgehead atoms. The Bertz CT molecular complexity index is 795. The SMILES string of the molecule is Cc1ccc2c(c1)C(=O)N(c1ccccc1C(=O)O)C2=O. The van der Waals surface area contributed by atoms with Gasteiger partial charge in [0, 0.05) is 0 Å². The van der Waals surface area contributed by atoms with Gasteiger partial charge in [-0.3, -0.25) is 9.59 Å². The molecule has 1 aliphatic rings. The normalized spacial score (nSPS) is 13.5. The highest BCUT2D eigenvalue weighted by molar-refractivity contribution is 6.35. The van der Waals surface area contributed by atoms with Crippen LogP contribution in [0.5, 0.6) is 0 Å². The highest BCUT2D eigenvalue weighted by atomic mass is 16.4. The maximum absolute atomic E-state index is 12.4. The molecule has 0 aliphatic carbocycles. The van der Waals surface area contributed by atoms with E-state index in [0.717, 1.165) is 10.5 Å². The number of aryl methyl sites for hydroxylation is 1. The summed E-state index contributed by atoms with van der Waals surface area (Å²) in [6.45, 7) is 1.83. The second-order valence-electron chi connectivity index (χ2n) is 4.82. The highest BCUT2D eigenvalue weighted by Crippen LogP contribution is 2.31. The predicted molar refractivity (Wildman–Crippen MR) is 75.7 cm³/mol. The van der Waals surface area contributed by atoms with E-state index in [1.54, 1.807) is 30.3 Å². The molecule has 2 aromatic carbocycles. The van der Waals surface area contributed by atoms with Crippen molar-refractivity contribution >= 4 is 23.5 Å². The van der Waals surface area contributed by atoms with E-state index < -0.39 is 17.8 Å². The molecule has 21 heavy (non-hydrogen) atoms. The van der Waals surface area contributed by atoms with Crippen LogP contribution >= 0.6 is 0 Å². The van der Waals surface area contributed by atoms with Crippen LogP contribution in [0.4, 0.5) is 5.69 Å². The Labute approximate surface area is 120 Å². The Morgan fingerprint density at radius 2 is 1.67 bits per heavy atom. The molecular weight excluding hydrogens is 270 g/mol. The third-order valence-corrected chi connectivity index (χ3v) is 3.42. The van der Waals surface area contributed by atoms with Crippen molar-refractivity contribution in [3.05, 3.63) is 64.7 Å². The van der Waals surface area contributed by atoms with Gasteiger partial charge in [0.25, 0.3) is 11.8 Å². The number of fused-ring (bicyclic) bond motifs is 1. The molecule has 0 saturated heterocycles. The number of carboxylic acids is 1. The Morgan fingerprint density at radius 1 is 1.00 bits per heavy atom. The Balaban J connectivity index is 2.17. The summed E-state index contributed by atoms with van der Waals surface area (Å²) in [6, 6.07) is 10.9. The molecule has 104 valence electrons. The monoisotopic (exact) mass is 281 g/mol. The van der Waals surface area contributed by atoms with Crippen molar-refractivity contribution in [2.45, 2.75) is 6.92 Å². The molecule has 0 saturated carbocycles. The molecular formula is C16H11NO4. The van der Waals surface area contributed by atoms with Crippen molar-refractivity contribution in [1.82, 2.24) is 0 Å². The molecule has 0 fully saturated rings. The topological polar surface area (TPSA) is 74.7 Å². The summed E-state index contributed by atoms with van der Waals surface area (Å²) >= 11 is 0. The van der Waals surface area contributed by atoms with Crippen molar-refractivity contribution in [3.8, 4) is 0 Å². The van der Waals surface area contributed by atoms with Gasteiger partial charge in [-0.05, 0) is 31.2 Å². The molecule has 1 heterocycles. The molecule has 3 rings (SSSR count). The number of amides is 2. The molecule has 0 radical (unpaired) electrons. The second-order valence-corrected chi connectivity index (χ2v) is 4.82. The van der Waals surface area contributed by atoms with E-state index in [9.17, 15) is 19.5 Å². The van der Waals surface area contributed by atoms with Crippen LogP contribution in [0.1, 0.15) is 36.6 Å². The van der Waals surface area contributed by atoms with Crippen LogP contribution in [0.2, 0.25) is 0 Å². The minimum atomic E-state index is -1.18. The maximum atomic E-state index is 12.4. The average Bonchev–Trinajstić information content (AvgIpc) is 2.70. The number of hydrogen-bond donors (Lipinski definition) is 1. The van der Waals surface area contributed by atoms with Crippen molar-refractivity contribution in [1.29, 1.82) is 0 Å². The number of anilines is 1. The smallest absolute Gasteiger partial charge is 0.337 e. The fourth-order valence-electron chi connectivity index (χ4n) is 2.42. The van der Waals surface area contributed by atoms with Gasteiger partial charge in [-0.15, -0.1) is 0 Å². The molecule has 2 aromatic rings. The third-order valence-electron chi connectivity index (χ3n) is 3.42. The zero-order valence-corrected chi connectivity index (χ0v) is 11.2. The van der Waals surface area contributed by atoms with E-state index in [1.165, 1.54) is 12.1 Å². The first kappa shape index (κ1) is 13.1. The molecule has 1 N–H and O–H groups in total. The first-order chi connectivity index (χ1) is 10.0. The van der Waals surface area contributed by atoms with Crippen molar-refractivity contribution in [3.63, 3.8) is 0 Å². The number of imide groups is 1. The van der Waals surface area contributed by atoms with Gasteiger partial charge in [0.2, 0.25) is 0 Å². The Hall–Kier alpha value is -2.95. The Morgan fingerprint density at radius 3 is 2.38 bits per heavy atom. The summed E-state index contributed by atoms with van der Waals surface area (Å²) in [6.07, 6.45) is 0. The van der Waals surface area contributed by atoms with Gasteiger partial charge in [0.1, 0.15) is 0 Å². The summed E-state index contributed by atoms with van der Waals surface area (Å²) in [7, 11) is 0. The summed E-state index contributed by atoms with van der Waals surface area (Å²) in [4.78, 5) is 37.0. The van der Waals surface area contributed by atoms with Gasteiger partial charge in [-0.1, -0.05) is 23.8 Å². The third kappa shape index (κ3) is 1.90. The van der Waals surface area contributed by atoms with Gasteiger partial charge < -0.3 is 5.11 Å². The van der Waals surface area contributed by atoms with Crippen LogP contribution in [0, 0.1) is 6.92 Å². The summed E-state index contributed by atoms with van der Waals surface area (Å²) in [5.41, 5.74) is 1.48. The molecule has 0 aromatic heterocycles.